The van der Waals surface area contributed by atoms with E-state index in [4.69, 9.17) is 24.8 Å². The van der Waals surface area contributed by atoms with E-state index >= 15 is 0 Å². The molecule has 0 aromatic rings. The van der Waals surface area contributed by atoms with Crippen LogP contribution >= 0.6 is 0 Å². The van der Waals surface area contributed by atoms with Crippen LogP contribution in [0, 0.1) is 0 Å². The highest BCUT2D eigenvalue weighted by Crippen LogP contribution is 2.19. The van der Waals surface area contributed by atoms with E-state index in [0.717, 1.165) is 0 Å². The number of ether oxygens (including phenoxy) is 2. The van der Waals surface area contributed by atoms with Gasteiger partial charge in [0.25, 0.3) is 0 Å². The van der Waals surface area contributed by atoms with Crippen LogP contribution in [0.3, 0.4) is 0 Å². The van der Waals surface area contributed by atoms with Crippen LogP contribution in [-0.2, 0) is 9.47 Å². The van der Waals surface area contributed by atoms with Gasteiger partial charge in [-0.1, -0.05) is 0 Å². The Labute approximate surface area is 86.5 Å². The van der Waals surface area contributed by atoms with Gasteiger partial charge >= 0.3 is 0 Å². The molecule has 7 heteroatoms. The van der Waals surface area contributed by atoms with Crippen molar-refractivity contribution < 1.29 is 35.0 Å². The Balaban J connectivity index is 2.43. The van der Waals surface area contributed by atoms with E-state index in [2.05, 4.69) is 0 Å². The van der Waals surface area contributed by atoms with Crippen molar-refractivity contribution in [3.8, 4) is 0 Å². The van der Waals surface area contributed by atoms with Crippen LogP contribution in [0.5, 0.6) is 0 Å². The molecule has 1 fully saturated rings. The first kappa shape index (κ1) is 12.8. The predicted molar refractivity (Wildman–Crippen MR) is 46.8 cm³/mol. The fraction of sp³-hybridized carbons (Fsp3) is 1.00. The molecule has 1 rings (SSSR count). The predicted octanol–water partition coefficient (Wildman–Crippen LogP) is -3.20. The van der Waals surface area contributed by atoms with E-state index in [-0.39, 0.29) is 19.8 Å². The van der Waals surface area contributed by atoms with Gasteiger partial charge in [-0.05, 0) is 0 Å². The molecule has 0 bridgehead atoms. The fourth-order valence-electron chi connectivity index (χ4n) is 1.33. The number of hydrogen-bond acceptors (Lipinski definition) is 7. The highest BCUT2D eigenvalue weighted by atomic mass is 16.6. The molecule has 1 heterocycles. The van der Waals surface area contributed by atoms with Gasteiger partial charge < -0.3 is 35.0 Å². The summed E-state index contributed by atoms with van der Waals surface area (Å²) in [6, 6.07) is 0. The lowest BCUT2D eigenvalue weighted by Crippen LogP contribution is -2.58. The maximum absolute atomic E-state index is 9.44. The second-order valence-electron chi connectivity index (χ2n) is 3.34. The lowest BCUT2D eigenvalue weighted by molar-refractivity contribution is -0.288. The molecule has 0 aromatic carbocycles. The van der Waals surface area contributed by atoms with Gasteiger partial charge in [-0.25, -0.2) is 0 Å². The van der Waals surface area contributed by atoms with Crippen molar-refractivity contribution in [1.82, 2.24) is 0 Å². The third-order valence-electron chi connectivity index (χ3n) is 2.20. The van der Waals surface area contributed by atoms with Gasteiger partial charge in [-0.3, -0.25) is 0 Å². The van der Waals surface area contributed by atoms with Crippen molar-refractivity contribution in [3.05, 3.63) is 0 Å². The first-order valence-corrected chi connectivity index (χ1v) is 4.64. The zero-order chi connectivity index (χ0) is 11.4. The molecular weight excluding hydrogens is 208 g/mol. The molecule has 5 atom stereocenters. The van der Waals surface area contributed by atoms with Crippen LogP contribution < -0.4 is 0 Å². The van der Waals surface area contributed by atoms with E-state index in [1.807, 2.05) is 0 Å². The first-order valence-electron chi connectivity index (χ1n) is 4.64. The van der Waals surface area contributed by atoms with Crippen LogP contribution in [0.1, 0.15) is 0 Å². The first-order chi connectivity index (χ1) is 7.07. The second-order valence-corrected chi connectivity index (χ2v) is 3.34. The summed E-state index contributed by atoms with van der Waals surface area (Å²) in [5, 5.41) is 45.5. The van der Waals surface area contributed by atoms with Gasteiger partial charge in [0.15, 0.2) is 6.29 Å². The average molecular weight is 224 g/mol. The minimum Gasteiger partial charge on any atom is -0.394 e. The lowest BCUT2D eigenvalue weighted by atomic mass is 9.99. The quantitative estimate of drug-likeness (QED) is 0.319. The van der Waals surface area contributed by atoms with Crippen molar-refractivity contribution in [2.24, 2.45) is 0 Å². The molecule has 7 nitrogen and oxygen atoms in total. The van der Waals surface area contributed by atoms with Crippen molar-refractivity contribution in [2.45, 2.75) is 30.7 Å². The molecule has 0 spiro atoms. The van der Waals surface area contributed by atoms with Gasteiger partial charge in [0.2, 0.25) is 0 Å². The molecule has 15 heavy (non-hydrogen) atoms. The van der Waals surface area contributed by atoms with Gasteiger partial charge in [0.1, 0.15) is 24.4 Å². The number of aliphatic hydroxyl groups is 5. The summed E-state index contributed by atoms with van der Waals surface area (Å²) >= 11 is 0. The SMILES string of the molecule is OCCOC[C@H]1O[C@@H](O)[C@H](O)[C@@H](O)[C@@H]1O. The van der Waals surface area contributed by atoms with Gasteiger partial charge in [0.05, 0.1) is 19.8 Å². The zero-order valence-corrected chi connectivity index (χ0v) is 8.06. The number of aliphatic hydroxyl groups excluding tert-OH is 5. The second kappa shape index (κ2) is 5.71. The molecule has 1 saturated heterocycles. The largest absolute Gasteiger partial charge is 0.394 e. The molecular formula is C8H16O7. The number of rotatable bonds is 4. The Hall–Kier alpha value is -0.280. The minimum atomic E-state index is -1.55. The van der Waals surface area contributed by atoms with Gasteiger partial charge in [0, 0.05) is 0 Å². The smallest absolute Gasteiger partial charge is 0.184 e. The third kappa shape index (κ3) is 3.08. The summed E-state index contributed by atoms with van der Waals surface area (Å²) in [6.45, 7) is -0.180. The van der Waals surface area contributed by atoms with Crippen LogP contribution in [0.15, 0.2) is 0 Å². The van der Waals surface area contributed by atoms with E-state index in [1.165, 1.54) is 0 Å². The van der Waals surface area contributed by atoms with E-state index in [1.54, 1.807) is 0 Å². The summed E-state index contributed by atoms with van der Waals surface area (Å²) < 4.78 is 9.70. The Morgan fingerprint density at radius 3 is 2.27 bits per heavy atom. The molecule has 0 aliphatic carbocycles. The summed E-state index contributed by atoms with van der Waals surface area (Å²) in [5.74, 6) is 0. The Bertz CT molecular complexity index is 188. The summed E-state index contributed by atoms with van der Waals surface area (Å²) in [7, 11) is 0. The Morgan fingerprint density at radius 2 is 1.67 bits per heavy atom. The van der Waals surface area contributed by atoms with Crippen molar-refractivity contribution in [1.29, 1.82) is 0 Å². The molecule has 0 aromatic heterocycles. The minimum absolute atomic E-state index is 0.0708. The van der Waals surface area contributed by atoms with Gasteiger partial charge in [-0.2, -0.15) is 0 Å². The zero-order valence-electron chi connectivity index (χ0n) is 8.06. The third-order valence-corrected chi connectivity index (χ3v) is 2.20. The maximum atomic E-state index is 9.44. The van der Waals surface area contributed by atoms with Crippen LogP contribution in [0.2, 0.25) is 0 Å². The highest BCUT2D eigenvalue weighted by molar-refractivity contribution is 4.88. The molecule has 0 unspecified atom stereocenters. The summed E-state index contributed by atoms with van der Waals surface area (Å²) in [6.07, 6.45) is -6.82. The lowest BCUT2D eigenvalue weighted by Gasteiger charge is -2.38. The summed E-state index contributed by atoms with van der Waals surface area (Å²) in [5.41, 5.74) is 0. The van der Waals surface area contributed by atoms with Crippen molar-refractivity contribution in [3.63, 3.8) is 0 Å². The van der Waals surface area contributed by atoms with Crippen molar-refractivity contribution in [2.75, 3.05) is 19.8 Å². The van der Waals surface area contributed by atoms with Crippen molar-refractivity contribution >= 4 is 0 Å². The van der Waals surface area contributed by atoms with E-state index in [9.17, 15) is 10.2 Å². The monoisotopic (exact) mass is 224 g/mol. The molecule has 90 valence electrons. The topological polar surface area (TPSA) is 120 Å². The average Bonchev–Trinajstić information content (AvgIpc) is 2.23. The fourth-order valence-corrected chi connectivity index (χ4v) is 1.33. The van der Waals surface area contributed by atoms with E-state index < -0.39 is 30.7 Å². The standard InChI is InChI=1S/C8H16O7/c9-1-2-14-3-4-5(10)6(11)7(12)8(13)15-4/h4-13H,1-3H2/t4-,5-,6+,7-,8-/m1/s1. The molecule has 1 aliphatic heterocycles. The Kier molecular flexibility index (Phi) is 4.87. The van der Waals surface area contributed by atoms with Crippen LogP contribution in [0.4, 0.5) is 0 Å². The highest BCUT2D eigenvalue weighted by Gasteiger charge is 2.42. The normalized spacial score (nSPS) is 41.8. The Morgan fingerprint density at radius 1 is 1.00 bits per heavy atom. The van der Waals surface area contributed by atoms with Crippen LogP contribution in [0.25, 0.3) is 0 Å². The molecule has 1 aliphatic rings. The molecule has 0 saturated carbocycles. The number of hydrogen-bond donors (Lipinski definition) is 5. The van der Waals surface area contributed by atoms with Gasteiger partial charge in [-0.15, -0.1) is 0 Å². The van der Waals surface area contributed by atoms with E-state index in [0.29, 0.717) is 0 Å². The molecule has 0 amide bonds. The summed E-state index contributed by atoms with van der Waals surface area (Å²) in [4.78, 5) is 0. The molecule has 5 N–H and O–H groups in total. The van der Waals surface area contributed by atoms with Crippen LogP contribution in [-0.4, -0.2) is 76.1 Å². The molecule has 0 radical (unpaired) electrons. The maximum Gasteiger partial charge on any atom is 0.184 e.